The molecular weight excluding hydrogens is 745 g/mol. The number of alkyl halides is 1. The van der Waals surface area contributed by atoms with Crippen molar-refractivity contribution in [3.05, 3.63) is 29.3 Å². The Labute approximate surface area is 344 Å². The van der Waals surface area contributed by atoms with Gasteiger partial charge < -0.3 is 4.74 Å². The highest BCUT2D eigenvalue weighted by atomic mass is 35.5. The first-order valence-corrected chi connectivity index (χ1v) is 23.2. The summed E-state index contributed by atoms with van der Waals surface area (Å²) in [6.45, 7) is 0.0130. The molecule has 9 aliphatic rings. The second kappa shape index (κ2) is 18.3. The maximum atomic E-state index is 11.2. The third-order valence-electron chi connectivity index (χ3n) is 15.3. The van der Waals surface area contributed by atoms with Crippen molar-refractivity contribution in [2.75, 3.05) is 17.8 Å². The number of hydrogen-bond acceptors (Lipinski definition) is 10. The van der Waals surface area contributed by atoms with Crippen LogP contribution in [-0.4, -0.2) is 67.9 Å². The quantitative estimate of drug-likeness (QED) is 0.135. The summed E-state index contributed by atoms with van der Waals surface area (Å²) in [6.07, 6.45) is 25.0. The van der Waals surface area contributed by atoms with Crippen LogP contribution in [0.1, 0.15) is 103 Å². The number of rotatable bonds is 2. The first-order chi connectivity index (χ1) is 27.5. The number of carbonyl (C=O) groups is 1. The van der Waals surface area contributed by atoms with Crippen molar-refractivity contribution in [2.24, 2.45) is 47.3 Å². The van der Waals surface area contributed by atoms with Gasteiger partial charge in [0, 0.05) is 10.7 Å². The third kappa shape index (κ3) is 8.63. The summed E-state index contributed by atoms with van der Waals surface area (Å²) in [5.74, 6) is 11.3. The van der Waals surface area contributed by atoms with Gasteiger partial charge in [0.15, 0.2) is 6.61 Å². The predicted molar refractivity (Wildman–Crippen MR) is 222 cm³/mol. The zero-order valence-corrected chi connectivity index (χ0v) is 34.4. The monoisotopic (exact) mass is 809 g/mol. The lowest BCUT2D eigenvalue weighted by molar-refractivity contribution is 0.167. The lowest BCUT2D eigenvalue weighted by atomic mass is 9.76. The van der Waals surface area contributed by atoms with Crippen LogP contribution in [0.15, 0.2) is 24.3 Å². The van der Waals surface area contributed by atoms with E-state index in [9.17, 15) is 4.79 Å². The summed E-state index contributed by atoms with van der Waals surface area (Å²) in [6, 6.07) is 6.76. The first kappa shape index (κ1) is 39.8. The number of nitrogens with one attached hydrogen (secondary N) is 9. The van der Waals surface area contributed by atoms with E-state index in [0.29, 0.717) is 60.0 Å². The van der Waals surface area contributed by atoms with E-state index in [4.69, 9.17) is 27.9 Å². The number of benzene rings is 1. The molecule has 8 bridgehead atoms. The summed E-state index contributed by atoms with van der Waals surface area (Å²) in [5.41, 5.74) is 0.572. The molecule has 0 radical (unpaired) electrons. The Bertz CT molecular complexity index is 1350. The Hall–Kier alpha value is -1.69. The van der Waals surface area contributed by atoms with Crippen LogP contribution in [0.25, 0.3) is 0 Å². The zero-order valence-electron chi connectivity index (χ0n) is 32.8. The van der Waals surface area contributed by atoms with Crippen LogP contribution in [-0.2, 0) is 4.74 Å². The predicted octanol–water partition coefficient (Wildman–Crippen LogP) is 5.74. The number of fused-ring (bicyclic) bond motifs is 20. The summed E-state index contributed by atoms with van der Waals surface area (Å²) < 4.78 is 4.76. The van der Waals surface area contributed by atoms with Gasteiger partial charge in [0.2, 0.25) is 0 Å². The topological polar surface area (TPSA) is 135 Å². The van der Waals surface area contributed by atoms with E-state index < -0.39 is 6.09 Å². The molecule has 11 nitrogen and oxygen atoms in total. The fraction of sp³-hybridized carbons (Fsp3) is 0.791. The van der Waals surface area contributed by atoms with Crippen LogP contribution in [0.2, 0.25) is 5.02 Å². The van der Waals surface area contributed by atoms with Crippen molar-refractivity contribution in [2.45, 2.75) is 152 Å². The first-order valence-electron chi connectivity index (χ1n) is 22.3. The van der Waals surface area contributed by atoms with Gasteiger partial charge in [-0.05, 0) is 117 Å². The van der Waals surface area contributed by atoms with Crippen LogP contribution in [0, 0.1) is 59.2 Å². The Balaban J connectivity index is 0.000000218. The molecule has 1 aromatic rings. The van der Waals surface area contributed by atoms with Crippen LogP contribution in [0.5, 0.6) is 0 Å². The second-order valence-electron chi connectivity index (χ2n) is 18.3. The highest BCUT2D eigenvalue weighted by Crippen LogP contribution is 2.45. The highest BCUT2D eigenvalue weighted by Gasteiger charge is 2.54. The van der Waals surface area contributed by atoms with Gasteiger partial charge in [0.1, 0.15) is 0 Å². The van der Waals surface area contributed by atoms with Crippen molar-refractivity contribution in [3.63, 3.8) is 0 Å². The molecule has 5 heterocycles. The molecule has 10 rings (SSSR count). The number of amides is 1. The Morgan fingerprint density at radius 2 is 0.875 bits per heavy atom. The molecule has 13 heteroatoms. The molecule has 4 saturated carbocycles. The van der Waals surface area contributed by atoms with Gasteiger partial charge in [0.05, 0.1) is 55.2 Å². The average Bonchev–Trinajstić information content (AvgIpc) is 3.96. The lowest BCUT2D eigenvalue weighted by Gasteiger charge is -2.35. The second-order valence-corrected chi connectivity index (χ2v) is 19.0. The molecule has 0 aromatic heterocycles. The van der Waals surface area contributed by atoms with Crippen molar-refractivity contribution in [1.82, 2.24) is 42.5 Å². The van der Waals surface area contributed by atoms with Gasteiger partial charge in [-0.2, -0.15) is 0 Å². The Kier molecular flexibility index (Phi) is 13.0. The Morgan fingerprint density at radius 3 is 1.16 bits per heavy atom. The normalized spacial score (nSPS) is 43.7. The molecule has 8 atom stereocenters. The number of anilines is 1. The fourth-order valence-corrected chi connectivity index (χ4v) is 13.2. The SMILES string of the molecule is C1CCC2C3NC(NC4NC(NC5NC(NC6NC(N3)C3CCCCC63)C3CCCCC53)C3CCCCC43)C2C1.O=C(Nc1cccc(Cl)c1)OCC#CCCl. The van der Waals surface area contributed by atoms with E-state index in [1.807, 2.05) is 0 Å². The van der Waals surface area contributed by atoms with Crippen LogP contribution in [0.4, 0.5) is 10.5 Å². The molecule has 308 valence electrons. The molecule has 9 fully saturated rings. The molecular formula is C43H65Cl2N9O2. The van der Waals surface area contributed by atoms with Gasteiger partial charge in [0.25, 0.3) is 0 Å². The van der Waals surface area contributed by atoms with Crippen LogP contribution < -0.4 is 47.9 Å². The zero-order chi connectivity index (χ0) is 38.0. The van der Waals surface area contributed by atoms with E-state index in [1.54, 1.807) is 24.3 Å². The number of halogens is 2. The maximum Gasteiger partial charge on any atom is 0.412 e. The van der Waals surface area contributed by atoms with Crippen LogP contribution >= 0.6 is 23.2 Å². The van der Waals surface area contributed by atoms with Gasteiger partial charge in [-0.25, -0.2) is 4.79 Å². The molecule has 1 amide bonds. The number of hydrogen-bond donors (Lipinski definition) is 9. The molecule has 0 spiro atoms. The van der Waals surface area contributed by atoms with Crippen molar-refractivity contribution >= 4 is 35.0 Å². The molecule has 1 aromatic carbocycles. The standard InChI is InChI=1S/C32H56N8.C11H9Cl2NO2/c1-2-10-18-17(9-1)25-33-26(18)38-28-21-13-5-6-14-22(21)30(35-28)40-32-24-16-8-7-15-23(24)31(36-32)39-29-20-12-4-3-11-19(20)27(34-29)37-25;12-6-1-2-7-16-11(15)14-10-5-3-4-9(13)8-10/h17-40H,1-16H2;3-5,8H,6-7H2,(H,14,15). The third-order valence-corrected chi connectivity index (χ3v) is 15.7. The van der Waals surface area contributed by atoms with E-state index in [1.165, 1.54) is 103 Å². The minimum atomic E-state index is -0.578. The Morgan fingerprint density at radius 1 is 0.554 bits per heavy atom. The molecule has 4 aliphatic carbocycles. The number of ether oxygens (including phenoxy) is 1. The van der Waals surface area contributed by atoms with Gasteiger partial charge in [-0.1, -0.05) is 80.9 Å². The smallest absolute Gasteiger partial charge is 0.412 e. The van der Waals surface area contributed by atoms with Crippen molar-refractivity contribution < 1.29 is 9.53 Å². The largest absolute Gasteiger partial charge is 0.436 e. The van der Waals surface area contributed by atoms with Crippen molar-refractivity contribution in [3.8, 4) is 11.8 Å². The highest BCUT2D eigenvalue weighted by molar-refractivity contribution is 6.30. The summed E-state index contributed by atoms with van der Waals surface area (Å²) in [5, 5.41) is 36.8. The minimum absolute atomic E-state index is 0.0130. The number of carbonyl (C=O) groups excluding carboxylic acids is 1. The molecule has 5 saturated heterocycles. The molecule has 9 N–H and O–H groups in total. The van der Waals surface area contributed by atoms with Gasteiger partial charge in [-0.15, -0.1) is 11.6 Å². The van der Waals surface area contributed by atoms with Gasteiger partial charge >= 0.3 is 6.09 Å². The fourth-order valence-electron chi connectivity index (χ4n) is 12.9. The molecule has 5 aliphatic heterocycles. The summed E-state index contributed by atoms with van der Waals surface area (Å²) in [4.78, 5) is 11.2. The average molecular weight is 811 g/mol. The molecule has 56 heavy (non-hydrogen) atoms. The summed E-state index contributed by atoms with van der Waals surface area (Å²) in [7, 11) is 0. The van der Waals surface area contributed by atoms with E-state index in [-0.39, 0.29) is 12.5 Å². The minimum Gasteiger partial charge on any atom is -0.436 e. The maximum absolute atomic E-state index is 11.2. The lowest BCUT2D eigenvalue weighted by Crippen LogP contribution is -2.61. The van der Waals surface area contributed by atoms with Crippen LogP contribution in [0.3, 0.4) is 0 Å². The summed E-state index contributed by atoms with van der Waals surface area (Å²) >= 11 is 11.1. The van der Waals surface area contributed by atoms with E-state index >= 15 is 0 Å². The van der Waals surface area contributed by atoms with Crippen molar-refractivity contribution in [1.29, 1.82) is 0 Å². The van der Waals surface area contributed by atoms with Gasteiger partial charge in [-0.3, -0.25) is 47.9 Å². The van der Waals surface area contributed by atoms with E-state index in [0.717, 1.165) is 47.3 Å². The van der Waals surface area contributed by atoms with E-state index in [2.05, 4.69) is 59.7 Å². The molecule has 8 unspecified atom stereocenters.